The first kappa shape index (κ1) is 12.9. The molecule has 0 heterocycles. The summed E-state index contributed by atoms with van der Waals surface area (Å²) in [7, 11) is 0. The molecule has 3 heteroatoms. The lowest BCUT2D eigenvalue weighted by Gasteiger charge is -2.40. The molecule has 1 aliphatic rings. The zero-order valence-corrected chi connectivity index (χ0v) is 11.8. The summed E-state index contributed by atoms with van der Waals surface area (Å²) in [5.41, 5.74) is 0.974. The Balaban J connectivity index is 2.10. The molecule has 0 aliphatic heterocycles. The van der Waals surface area contributed by atoms with Gasteiger partial charge in [0.15, 0.2) is 0 Å². The van der Waals surface area contributed by atoms with Crippen molar-refractivity contribution < 1.29 is 5.11 Å². The van der Waals surface area contributed by atoms with Crippen molar-refractivity contribution in [3.8, 4) is 0 Å². The Morgan fingerprint density at radius 2 is 2.12 bits per heavy atom. The van der Waals surface area contributed by atoms with Gasteiger partial charge >= 0.3 is 0 Å². The number of aliphatic hydroxyl groups excluding tert-OH is 1. The number of benzene rings is 1. The van der Waals surface area contributed by atoms with Crippen LogP contribution in [-0.2, 0) is 0 Å². The molecule has 0 radical (unpaired) electrons. The van der Waals surface area contributed by atoms with Gasteiger partial charge in [-0.1, -0.05) is 35.7 Å². The van der Waals surface area contributed by atoms with E-state index >= 15 is 0 Å². The van der Waals surface area contributed by atoms with Crippen molar-refractivity contribution in [2.24, 2.45) is 5.92 Å². The summed E-state index contributed by atoms with van der Waals surface area (Å²) in [6.45, 7) is 2.49. The van der Waals surface area contributed by atoms with Crippen LogP contribution in [0.15, 0.2) is 28.7 Å². The number of nitrogens with one attached hydrogen (secondary N) is 1. The molecule has 1 aromatic rings. The van der Waals surface area contributed by atoms with Gasteiger partial charge in [-0.3, -0.25) is 0 Å². The van der Waals surface area contributed by atoms with Gasteiger partial charge in [-0.25, -0.2) is 0 Å². The lowest BCUT2D eigenvalue weighted by atomic mass is 9.76. The third-order valence-corrected chi connectivity index (χ3v) is 4.18. The van der Waals surface area contributed by atoms with E-state index in [0.29, 0.717) is 5.92 Å². The van der Waals surface area contributed by atoms with E-state index in [1.54, 1.807) is 0 Å². The quantitative estimate of drug-likeness (QED) is 0.889. The van der Waals surface area contributed by atoms with Crippen molar-refractivity contribution in [2.75, 3.05) is 11.9 Å². The van der Waals surface area contributed by atoms with E-state index in [9.17, 15) is 5.11 Å². The molecule has 0 aromatic heterocycles. The number of anilines is 1. The molecule has 17 heavy (non-hydrogen) atoms. The fourth-order valence-corrected chi connectivity index (χ4v) is 3.06. The van der Waals surface area contributed by atoms with E-state index in [0.717, 1.165) is 23.0 Å². The highest BCUT2D eigenvalue weighted by Gasteiger charge is 2.34. The van der Waals surface area contributed by atoms with Gasteiger partial charge in [0.05, 0.1) is 12.1 Å². The molecule has 0 bridgehead atoms. The minimum Gasteiger partial charge on any atom is -0.394 e. The fourth-order valence-electron chi connectivity index (χ4n) is 2.80. The highest BCUT2D eigenvalue weighted by Crippen LogP contribution is 2.34. The van der Waals surface area contributed by atoms with Crippen LogP contribution >= 0.6 is 15.9 Å². The van der Waals surface area contributed by atoms with Crippen molar-refractivity contribution >= 4 is 21.6 Å². The molecule has 2 atom stereocenters. The minimum atomic E-state index is -0.120. The second-order valence-electron chi connectivity index (χ2n) is 5.27. The Hall–Kier alpha value is -0.540. The van der Waals surface area contributed by atoms with Crippen molar-refractivity contribution in [3.63, 3.8) is 0 Å². The molecular formula is C14H20BrNO. The summed E-state index contributed by atoms with van der Waals surface area (Å²) in [6.07, 6.45) is 4.60. The average Bonchev–Trinajstić information content (AvgIpc) is 2.32. The summed E-state index contributed by atoms with van der Waals surface area (Å²) in [4.78, 5) is 0. The fraction of sp³-hybridized carbons (Fsp3) is 0.571. The first-order valence-corrected chi connectivity index (χ1v) is 7.07. The molecular weight excluding hydrogens is 278 g/mol. The van der Waals surface area contributed by atoms with Crippen LogP contribution in [0.4, 0.5) is 5.69 Å². The molecule has 1 aromatic carbocycles. The molecule has 1 fully saturated rings. The molecule has 1 aliphatic carbocycles. The molecule has 0 spiro atoms. The molecule has 0 saturated heterocycles. The first-order chi connectivity index (χ1) is 8.13. The molecule has 2 N–H and O–H groups in total. The van der Waals surface area contributed by atoms with E-state index < -0.39 is 0 Å². The smallest absolute Gasteiger partial charge is 0.0661 e. The molecule has 1 saturated carbocycles. The Bertz CT molecular complexity index is 365. The second-order valence-corrected chi connectivity index (χ2v) is 6.19. The molecule has 2 rings (SSSR count). The summed E-state index contributed by atoms with van der Waals surface area (Å²) < 4.78 is 1.08. The predicted octanol–water partition coefficient (Wildman–Crippen LogP) is 3.80. The zero-order chi connectivity index (χ0) is 12.3. The lowest BCUT2D eigenvalue weighted by molar-refractivity contribution is 0.149. The van der Waals surface area contributed by atoms with Crippen molar-refractivity contribution in [1.82, 2.24) is 0 Å². The van der Waals surface area contributed by atoms with Crippen molar-refractivity contribution in [2.45, 2.75) is 38.1 Å². The van der Waals surface area contributed by atoms with Gasteiger partial charge < -0.3 is 10.4 Å². The number of hydrogen-bond donors (Lipinski definition) is 2. The van der Waals surface area contributed by atoms with Gasteiger partial charge in [0, 0.05) is 10.2 Å². The molecule has 2 nitrogen and oxygen atoms in total. The van der Waals surface area contributed by atoms with Crippen molar-refractivity contribution in [1.29, 1.82) is 0 Å². The highest BCUT2D eigenvalue weighted by molar-refractivity contribution is 9.10. The standard InChI is InChI=1S/C14H20BrNO/c1-11-3-2-8-14(9-11,10-17)16-13-6-4-12(15)5-7-13/h4-7,11,16-17H,2-3,8-10H2,1H3. The Morgan fingerprint density at radius 3 is 2.71 bits per heavy atom. The monoisotopic (exact) mass is 297 g/mol. The Kier molecular flexibility index (Phi) is 4.10. The van der Waals surface area contributed by atoms with Gasteiger partial charge in [0.25, 0.3) is 0 Å². The summed E-state index contributed by atoms with van der Waals surface area (Å²) in [5, 5.41) is 13.2. The maximum absolute atomic E-state index is 9.70. The average molecular weight is 298 g/mol. The number of aliphatic hydroxyl groups is 1. The van der Waals surface area contributed by atoms with E-state index in [4.69, 9.17) is 0 Å². The second kappa shape index (κ2) is 5.40. The summed E-state index contributed by atoms with van der Waals surface area (Å²) in [6, 6.07) is 8.17. The SMILES string of the molecule is CC1CCCC(CO)(Nc2ccc(Br)cc2)C1. The minimum absolute atomic E-state index is 0.120. The molecule has 2 unspecified atom stereocenters. The van der Waals surface area contributed by atoms with Crippen LogP contribution in [0, 0.1) is 5.92 Å². The predicted molar refractivity (Wildman–Crippen MR) is 75.2 cm³/mol. The third kappa shape index (κ3) is 3.23. The summed E-state index contributed by atoms with van der Waals surface area (Å²) >= 11 is 3.43. The van der Waals surface area contributed by atoms with Gasteiger partial charge in [-0.15, -0.1) is 0 Å². The zero-order valence-electron chi connectivity index (χ0n) is 10.2. The van der Waals surface area contributed by atoms with E-state index in [-0.39, 0.29) is 12.1 Å². The number of hydrogen-bond acceptors (Lipinski definition) is 2. The molecule has 0 amide bonds. The van der Waals surface area contributed by atoms with Crippen LogP contribution < -0.4 is 5.32 Å². The third-order valence-electron chi connectivity index (χ3n) is 3.65. The highest BCUT2D eigenvalue weighted by atomic mass is 79.9. The van der Waals surface area contributed by atoms with E-state index in [1.165, 1.54) is 12.8 Å². The van der Waals surface area contributed by atoms with Crippen LogP contribution in [0.2, 0.25) is 0 Å². The van der Waals surface area contributed by atoms with Crippen LogP contribution in [0.5, 0.6) is 0 Å². The topological polar surface area (TPSA) is 32.3 Å². The van der Waals surface area contributed by atoms with Crippen LogP contribution in [0.3, 0.4) is 0 Å². The Labute approximate surface area is 112 Å². The van der Waals surface area contributed by atoms with Crippen LogP contribution in [-0.4, -0.2) is 17.3 Å². The number of rotatable bonds is 3. The van der Waals surface area contributed by atoms with Crippen LogP contribution in [0.25, 0.3) is 0 Å². The first-order valence-electron chi connectivity index (χ1n) is 6.28. The van der Waals surface area contributed by atoms with Gasteiger partial charge in [-0.2, -0.15) is 0 Å². The van der Waals surface area contributed by atoms with Gasteiger partial charge in [-0.05, 0) is 43.0 Å². The maximum Gasteiger partial charge on any atom is 0.0661 e. The maximum atomic E-state index is 9.70. The molecule has 94 valence electrons. The van der Waals surface area contributed by atoms with Gasteiger partial charge in [0.1, 0.15) is 0 Å². The lowest BCUT2D eigenvalue weighted by Crippen LogP contribution is -2.45. The van der Waals surface area contributed by atoms with Crippen LogP contribution in [0.1, 0.15) is 32.6 Å². The van der Waals surface area contributed by atoms with E-state index in [2.05, 4.69) is 40.3 Å². The summed E-state index contributed by atoms with van der Waals surface area (Å²) in [5.74, 6) is 0.693. The van der Waals surface area contributed by atoms with E-state index in [1.807, 2.05) is 12.1 Å². The largest absolute Gasteiger partial charge is 0.394 e. The number of halogens is 1. The van der Waals surface area contributed by atoms with Gasteiger partial charge in [0.2, 0.25) is 0 Å². The van der Waals surface area contributed by atoms with Crippen molar-refractivity contribution in [3.05, 3.63) is 28.7 Å². The normalized spacial score (nSPS) is 29.0. The Morgan fingerprint density at radius 1 is 1.41 bits per heavy atom.